The second kappa shape index (κ2) is 11.9. The Labute approximate surface area is 224 Å². The maximum Gasteiger partial charge on any atom is 0.350 e. The highest BCUT2D eigenvalue weighted by Crippen LogP contribution is 2.44. The van der Waals surface area contributed by atoms with Crippen LogP contribution < -0.4 is 9.64 Å². The Hall–Kier alpha value is -4.24. The minimum Gasteiger partial charge on any atom is -0.507 e. The Balaban J connectivity index is 1.77. The first-order valence-corrected chi connectivity index (χ1v) is 13.0. The number of aromatic nitrogens is 1. The molecule has 0 aliphatic carbocycles. The van der Waals surface area contributed by atoms with Crippen LogP contribution in [0.2, 0.25) is 0 Å². The molecule has 1 aliphatic heterocycles. The number of ketones is 1. The molecule has 0 spiro atoms. The fraction of sp³-hybridized carbons (Fsp3) is 0.241. The quantitative estimate of drug-likeness (QED) is 0.0905. The molecular formula is C29H28N2O6S. The normalized spacial score (nSPS) is 16.5. The average Bonchev–Trinajstić information content (AvgIpc) is 3.44. The van der Waals surface area contributed by atoms with E-state index >= 15 is 0 Å². The van der Waals surface area contributed by atoms with Gasteiger partial charge in [0.2, 0.25) is 0 Å². The number of aliphatic hydroxyl groups is 1. The van der Waals surface area contributed by atoms with Crippen molar-refractivity contribution in [2.24, 2.45) is 0 Å². The topological polar surface area (TPSA) is 106 Å². The lowest BCUT2D eigenvalue weighted by atomic mass is 9.95. The number of amides is 1. The largest absolute Gasteiger partial charge is 0.507 e. The number of Topliss-reactive ketones (excluding diaryl/α,β-unsaturated/α-hetero) is 1. The number of benzene rings is 2. The Morgan fingerprint density at radius 1 is 1.16 bits per heavy atom. The van der Waals surface area contributed by atoms with Crippen molar-refractivity contribution < 1.29 is 29.0 Å². The van der Waals surface area contributed by atoms with Gasteiger partial charge in [-0.2, -0.15) is 0 Å². The second-order valence-electron chi connectivity index (χ2n) is 8.60. The maximum absolute atomic E-state index is 13.3. The average molecular weight is 533 g/mol. The summed E-state index contributed by atoms with van der Waals surface area (Å²) in [6, 6.07) is 14.7. The van der Waals surface area contributed by atoms with Gasteiger partial charge in [-0.1, -0.05) is 67.7 Å². The molecule has 9 heteroatoms. The predicted octanol–water partition coefficient (Wildman–Crippen LogP) is 5.60. The van der Waals surface area contributed by atoms with E-state index < -0.39 is 23.7 Å². The number of carbonyl (C=O) groups excluding carboxylic acids is 3. The smallest absolute Gasteiger partial charge is 0.350 e. The van der Waals surface area contributed by atoms with Crippen LogP contribution in [0, 0.1) is 6.92 Å². The first-order chi connectivity index (χ1) is 18.4. The Morgan fingerprint density at radius 3 is 2.53 bits per heavy atom. The third-order valence-corrected chi connectivity index (χ3v) is 7.10. The summed E-state index contributed by atoms with van der Waals surface area (Å²) in [5, 5.41) is 11.4. The third kappa shape index (κ3) is 5.38. The summed E-state index contributed by atoms with van der Waals surface area (Å²) >= 11 is 0.953. The van der Waals surface area contributed by atoms with Crippen molar-refractivity contribution >= 4 is 39.9 Å². The molecule has 3 aromatic rings. The molecule has 2 heterocycles. The molecule has 196 valence electrons. The lowest BCUT2D eigenvalue weighted by molar-refractivity contribution is -0.132. The molecule has 1 atom stereocenters. The van der Waals surface area contributed by atoms with Gasteiger partial charge in [-0.3, -0.25) is 14.5 Å². The van der Waals surface area contributed by atoms with E-state index in [1.54, 1.807) is 55.5 Å². The van der Waals surface area contributed by atoms with Crippen LogP contribution in [0.1, 0.15) is 52.3 Å². The molecular weight excluding hydrogens is 504 g/mol. The molecule has 1 unspecified atom stereocenters. The van der Waals surface area contributed by atoms with Crippen molar-refractivity contribution in [1.29, 1.82) is 0 Å². The summed E-state index contributed by atoms with van der Waals surface area (Å²) in [6.07, 6.45) is 3.38. The van der Waals surface area contributed by atoms with Gasteiger partial charge in [0.15, 0.2) is 5.13 Å². The fourth-order valence-electron chi connectivity index (χ4n) is 4.05. The van der Waals surface area contributed by atoms with E-state index in [-0.39, 0.29) is 27.9 Å². The van der Waals surface area contributed by atoms with E-state index in [0.717, 1.165) is 24.2 Å². The van der Waals surface area contributed by atoms with Gasteiger partial charge in [-0.25, -0.2) is 9.78 Å². The van der Waals surface area contributed by atoms with Crippen molar-refractivity contribution in [3.63, 3.8) is 0 Å². The predicted molar refractivity (Wildman–Crippen MR) is 145 cm³/mol. The molecule has 1 amide bonds. The molecule has 38 heavy (non-hydrogen) atoms. The Morgan fingerprint density at radius 2 is 1.87 bits per heavy atom. The number of aliphatic hydroxyl groups excluding tert-OH is 1. The SMILES string of the molecule is C=CCOC(=O)c1sc(N2C(=O)C(=O)C(=C(O)c3ccc(OCCCC)cc3)C2c2ccccc2)nc1C. The van der Waals surface area contributed by atoms with Gasteiger partial charge < -0.3 is 14.6 Å². The van der Waals surface area contributed by atoms with Crippen LogP contribution in [-0.2, 0) is 14.3 Å². The Kier molecular flexibility index (Phi) is 8.38. The van der Waals surface area contributed by atoms with Crippen molar-refractivity contribution in [3.8, 4) is 5.75 Å². The zero-order chi connectivity index (χ0) is 27.2. The minimum atomic E-state index is -0.945. The molecule has 0 saturated carbocycles. The van der Waals surface area contributed by atoms with E-state index in [1.165, 1.54) is 11.0 Å². The zero-order valence-electron chi connectivity index (χ0n) is 21.2. The number of aryl methyl sites for hydroxylation is 1. The highest BCUT2D eigenvalue weighted by atomic mass is 32.1. The molecule has 1 aliphatic rings. The monoisotopic (exact) mass is 532 g/mol. The van der Waals surface area contributed by atoms with Gasteiger partial charge >= 0.3 is 11.9 Å². The first kappa shape index (κ1) is 26.8. The minimum absolute atomic E-state index is 0.0302. The van der Waals surface area contributed by atoms with Gasteiger partial charge in [0, 0.05) is 5.56 Å². The zero-order valence-corrected chi connectivity index (χ0v) is 22.0. The lowest BCUT2D eigenvalue weighted by Crippen LogP contribution is -2.29. The molecule has 0 radical (unpaired) electrons. The van der Waals surface area contributed by atoms with Crippen molar-refractivity contribution in [2.45, 2.75) is 32.7 Å². The van der Waals surface area contributed by atoms with E-state index in [9.17, 15) is 19.5 Å². The molecule has 8 nitrogen and oxygen atoms in total. The number of unbranched alkanes of at least 4 members (excludes halogenated alkanes) is 1. The van der Waals surface area contributed by atoms with E-state index in [0.29, 0.717) is 29.2 Å². The second-order valence-corrected chi connectivity index (χ2v) is 9.58. The van der Waals surface area contributed by atoms with Gasteiger partial charge in [0.1, 0.15) is 23.0 Å². The molecule has 1 N–H and O–H groups in total. The number of ether oxygens (including phenoxy) is 2. The van der Waals surface area contributed by atoms with Crippen LogP contribution >= 0.6 is 11.3 Å². The van der Waals surface area contributed by atoms with Gasteiger partial charge in [-0.15, -0.1) is 0 Å². The van der Waals surface area contributed by atoms with Crippen LogP contribution in [0.5, 0.6) is 5.75 Å². The van der Waals surface area contributed by atoms with E-state index in [2.05, 4.69) is 18.5 Å². The Bertz CT molecular complexity index is 1380. The van der Waals surface area contributed by atoms with Crippen LogP contribution in [0.25, 0.3) is 5.76 Å². The summed E-state index contributed by atoms with van der Waals surface area (Å²) in [6.45, 7) is 7.85. The number of hydrogen-bond acceptors (Lipinski definition) is 8. The summed E-state index contributed by atoms with van der Waals surface area (Å²) in [5.41, 5.74) is 1.28. The number of carbonyl (C=O) groups is 3. The summed E-state index contributed by atoms with van der Waals surface area (Å²) in [4.78, 5) is 45.0. The molecule has 0 bridgehead atoms. The highest BCUT2D eigenvalue weighted by molar-refractivity contribution is 7.17. The van der Waals surface area contributed by atoms with Crippen molar-refractivity contribution in [2.75, 3.05) is 18.1 Å². The number of anilines is 1. The van der Waals surface area contributed by atoms with Crippen molar-refractivity contribution in [3.05, 3.63) is 94.5 Å². The van der Waals surface area contributed by atoms with Gasteiger partial charge in [0.05, 0.1) is 23.9 Å². The number of rotatable bonds is 10. The number of esters is 1. The standard InChI is InChI=1S/C29H28N2O6S/c1-4-6-17-36-21-14-12-20(13-15-21)24(32)22-23(19-10-8-7-9-11-19)31(27(34)25(22)33)29-30-18(3)26(38-29)28(35)37-16-5-2/h5,7-15,23,32H,2,4,6,16-17H2,1,3H3. The first-order valence-electron chi connectivity index (χ1n) is 12.2. The number of thiazole rings is 1. The maximum atomic E-state index is 13.3. The molecule has 1 fully saturated rings. The summed E-state index contributed by atoms with van der Waals surface area (Å²) in [5.74, 6) is -1.95. The highest BCUT2D eigenvalue weighted by Gasteiger charge is 2.48. The van der Waals surface area contributed by atoms with Gasteiger partial charge in [-0.05, 0) is 43.2 Å². The molecule has 2 aromatic carbocycles. The summed E-state index contributed by atoms with van der Waals surface area (Å²) in [7, 11) is 0. The van der Waals surface area contributed by atoms with Crippen LogP contribution in [0.3, 0.4) is 0 Å². The third-order valence-electron chi connectivity index (χ3n) is 5.96. The van der Waals surface area contributed by atoms with Crippen LogP contribution in [0.15, 0.2) is 72.8 Å². The number of nitrogens with zero attached hydrogens (tertiary/aromatic N) is 2. The van der Waals surface area contributed by atoms with Crippen LogP contribution in [0.4, 0.5) is 5.13 Å². The van der Waals surface area contributed by atoms with Gasteiger partial charge in [0.25, 0.3) is 5.78 Å². The summed E-state index contributed by atoms with van der Waals surface area (Å²) < 4.78 is 10.8. The van der Waals surface area contributed by atoms with Crippen LogP contribution in [-0.4, -0.2) is 41.0 Å². The van der Waals surface area contributed by atoms with E-state index in [4.69, 9.17) is 9.47 Å². The fourth-order valence-corrected chi connectivity index (χ4v) is 5.04. The number of hydrogen-bond donors (Lipinski definition) is 1. The lowest BCUT2D eigenvalue weighted by Gasteiger charge is -2.23. The van der Waals surface area contributed by atoms with Crippen molar-refractivity contribution in [1.82, 2.24) is 4.98 Å². The molecule has 1 saturated heterocycles. The van der Waals surface area contributed by atoms with E-state index in [1.807, 2.05) is 6.07 Å². The molecule has 4 rings (SSSR count). The molecule has 1 aromatic heterocycles.